The Balaban J connectivity index is 2.79. The number of nitrogens with one attached hydrogen (secondary N) is 2. The van der Waals surface area contributed by atoms with Crippen molar-refractivity contribution in [2.24, 2.45) is 0 Å². The Morgan fingerprint density at radius 3 is 2.62 bits per heavy atom. The number of carbonyl (C=O) groups excluding carboxylic acids is 2. The number of ether oxygens (including phenoxy) is 1. The molecule has 0 saturated carbocycles. The monoisotopic (exact) mass is 295 g/mol. The molecule has 0 radical (unpaired) electrons. The molecular formula is C13H17N3O5. The molecule has 8 heteroatoms. The number of urea groups is 1. The molecule has 1 aromatic carbocycles. The van der Waals surface area contributed by atoms with Gasteiger partial charge in [-0.1, -0.05) is 0 Å². The number of hydrogen-bond donors (Lipinski definition) is 4. The lowest BCUT2D eigenvalue weighted by Gasteiger charge is -2.16. The van der Waals surface area contributed by atoms with E-state index in [-0.39, 0.29) is 17.0 Å². The van der Waals surface area contributed by atoms with E-state index in [1.807, 2.05) is 0 Å². The van der Waals surface area contributed by atoms with Crippen LogP contribution in [0.3, 0.4) is 0 Å². The third-order valence-corrected chi connectivity index (χ3v) is 2.48. The van der Waals surface area contributed by atoms with Gasteiger partial charge in [-0.25, -0.2) is 9.59 Å². The van der Waals surface area contributed by atoms with Crippen molar-refractivity contribution in [3.63, 3.8) is 0 Å². The lowest BCUT2D eigenvalue weighted by Crippen LogP contribution is -2.45. The first-order valence-corrected chi connectivity index (χ1v) is 6.23. The van der Waals surface area contributed by atoms with E-state index in [0.29, 0.717) is 6.54 Å². The number of rotatable bonds is 5. The van der Waals surface area contributed by atoms with Crippen LogP contribution in [0.15, 0.2) is 18.2 Å². The van der Waals surface area contributed by atoms with Crippen LogP contribution >= 0.6 is 0 Å². The van der Waals surface area contributed by atoms with Gasteiger partial charge < -0.3 is 20.9 Å². The minimum atomic E-state index is -1.23. The Hall–Kier alpha value is -2.77. The highest BCUT2D eigenvalue weighted by Crippen LogP contribution is 2.22. The van der Waals surface area contributed by atoms with Gasteiger partial charge in [-0.3, -0.25) is 10.1 Å². The molecule has 0 heterocycles. The summed E-state index contributed by atoms with van der Waals surface area (Å²) in [5.74, 6) is -1.92. The van der Waals surface area contributed by atoms with E-state index in [0.717, 1.165) is 0 Å². The molecule has 1 aromatic rings. The number of carboxylic acid groups (broad SMARTS) is 1. The molecule has 5 N–H and O–H groups in total. The summed E-state index contributed by atoms with van der Waals surface area (Å²) >= 11 is 0. The molecule has 1 rings (SSSR count). The summed E-state index contributed by atoms with van der Waals surface area (Å²) in [5.41, 5.74) is 5.61. The number of carboxylic acids is 1. The standard InChI is InChI=1S/C13H17N3O5/c1-3-15-13(20)16-11(17)7(2)21-10-5-4-8(14)6-9(10)12(18)19/h4-7H,3,14H2,1-2H3,(H,18,19)(H2,15,16,17,20). The number of nitrogen functional groups attached to an aromatic ring is 1. The van der Waals surface area contributed by atoms with Crippen LogP contribution in [0.5, 0.6) is 5.75 Å². The largest absolute Gasteiger partial charge is 0.480 e. The van der Waals surface area contributed by atoms with Gasteiger partial charge in [-0.2, -0.15) is 0 Å². The van der Waals surface area contributed by atoms with Crippen molar-refractivity contribution in [2.75, 3.05) is 12.3 Å². The van der Waals surface area contributed by atoms with E-state index in [1.165, 1.54) is 25.1 Å². The van der Waals surface area contributed by atoms with Gasteiger partial charge in [0.15, 0.2) is 6.10 Å². The Bertz CT molecular complexity index is 559. The van der Waals surface area contributed by atoms with Crippen molar-refractivity contribution >= 4 is 23.6 Å². The molecule has 1 atom stereocenters. The lowest BCUT2D eigenvalue weighted by atomic mass is 10.2. The van der Waals surface area contributed by atoms with Crippen molar-refractivity contribution < 1.29 is 24.2 Å². The van der Waals surface area contributed by atoms with Gasteiger partial charge in [0.05, 0.1) is 0 Å². The molecule has 0 spiro atoms. The van der Waals surface area contributed by atoms with Gasteiger partial charge in [0.25, 0.3) is 5.91 Å². The zero-order chi connectivity index (χ0) is 16.0. The fraction of sp³-hybridized carbons (Fsp3) is 0.308. The van der Waals surface area contributed by atoms with E-state index >= 15 is 0 Å². The third kappa shape index (κ3) is 4.68. The highest BCUT2D eigenvalue weighted by atomic mass is 16.5. The molecule has 21 heavy (non-hydrogen) atoms. The van der Waals surface area contributed by atoms with E-state index in [9.17, 15) is 14.4 Å². The van der Waals surface area contributed by atoms with E-state index in [2.05, 4.69) is 10.6 Å². The second-order valence-corrected chi connectivity index (χ2v) is 4.17. The van der Waals surface area contributed by atoms with Crippen molar-refractivity contribution in [3.05, 3.63) is 23.8 Å². The quantitative estimate of drug-likeness (QED) is 0.588. The maximum absolute atomic E-state index is 11.7. The van der Waals surface area contributed by atoms with E-state index < -0.39 is 24.0 Å². The van der Waals surface area contributed by atoms with Crippen LogP contribution in [0.1, 0.15) is 24.2 Å². The molecule has 0 bridgehead atoms. The number of aromatic carboxylic acids is 1. The first kappa shape index (κ1) is 16.3. The molecule has 3 amide bonds. The molecule has 8 nitrogen and oxygen atoms in total. The summed E-state index contributed by atoms with van der Waals surface area (Å²) < 4.78 is 5.27. The van der Waals surface area contributed by atoms with Crippen molar-refractivity contribution in [3.8, 4) is 5.75 Å². The third-order valence-electron chi connectivity index (χ3n) is 2.48. The number of benzene rings is 1. The molecule has 0 aromatic heterocycles. The maximum atomic E-state index is 11.7. The highest BCUT2D eigenvalue weighted by Gasteiger charge is 2.20. The molecule has 0 aliphatic carbocycles. The second-order valence-electron chi connectivity index (χ2n) is 4.17. The highest BCUT2D eigenvalue weighted by molar-refractivity contribution is 5.97. The van der Waals surface area contributed by atoms with Crippen molar-refractivity contribution in [1.29, 1.82) is 0 Å². The fourth-order valence-corrected chi connectivity index (χ4v) is 1.48. The van der Waals surface area contributed by atoms with Crippen LogP contribution in [0, 0.1) is 0 Å². The second kappa shape index (κ2) is 7.13. The number of amides is 3. The minimum Gasteiger partial charge on any atom is -0.480 e. The van der Waals surface area contributed by atoms with Gasteiger partial charge in [-0.05, 0) is 32.0 Å². The average Bonchev–Trinajstić information content (AvgIpc) is 2.40. The smallest absolute Gasteiger partial charge is 0.339 e. The molecule has 0 aliphatic heterocycles. The summed E-state index contributed by atoms with van der Waals surface area (Å²) in [4.78, 5) is 34.0. The summed E-state index contributed by atoms with van der Waals surface area (Å²) in [6.45, 7) is 3.48. The molecule has 1 unspecified atom stereocenters. The first-order valence-electron chi connectivity index (χ1n) is 6.23. The number of hydrogen-bond acceptors (Lipinski definition) is 5. The SMILES string of the molecule is CCNC(=O)NC(=O)C(C)Oc1ccc(N)cc1C(=O)O. The van der Waals surface area contributed by atoms with Crippen molar-refractivity contribution in [2.45, 2.75) is 20.0 Å². The van der Waals surface area contributed by atoms with Gasteiger partial charge in [0, 0.05) is 12.2 Å². The van der Waals surface area contributed by atoms with Crippen molar-refractivity contribution in [1.82, 2.24) is 10.6 Å². The van der Waals surface area contributed by atoms with Crippen LogP contribution in [0.4, 0.5) is 10.5 Å². The van der Waals surface area contributed by atoms with E-state index in [4.69, 9.17) is 15.6 Å². The van der Waals surface area contributed by atoms with Gasteiger partial charge in [-0.15, -0.1) is 0 Å². The van der Waals surface area contributed by atoms with Crippen LogP contribution in [-0.2, 0) is 4.79 Å². The van der Waals surface area contributed by atoms with Crippen LogP contribution < -0.4 is 21.1 Å². The molecule has 0 fully saturated rings. The molecule has 0 saturated heterocycles. The number of nitrogens with two attached hydrogens (primary N) is 1. The summed E-state index contributed by atoms with van der Waals surface area (Å²) in [6, 6.07) is 3.39. The van der Waals surface area contributed by atoms with Crippen LogP contribution in [0.25, 0.3) is 0 Å². The Labute approximate surface area is 121 Å². The van der Waals surface area contributed by atoms with Gasteiger partial charge >= 0.3 is 12.0 Å². The van der Waals surface area contributed by atoms with Crippen LogP contribution in [-0.4, -0.2) is 35.7 Å². The first-order chi connectivity index (χ1) is 9.85. The number of anilines is 1. The zero-order valence-corrected chi connectivity index (χ0v) is 11.7. The summed E-state index contributed by atoms with van der Waals surface area (Å²) in [5, 5.41) is 13.5. The summed E-state index contributed by atoms with van der Waals surface area (Å²) in [7, 11) is 0. The fourth-order valence-electron chi connectivity index (χ4n) is 1.48. The average molecular weight is 295 g/mol. The Morgan fingerprint density at radius 2 is 2.05 bits per heavy atom. The zero-order valence-electron chi connectivity index (χ0n) is 11.7. The molecule has 0 aliphatic rings. The van der Waals surface area contributed by atoms with E-state index in [1.54, 1.807) is 6.92 Å². The number of carbonyl (C=O) groups is 3. The van der Waals surface area contributed by atoms with Gasteiger partial charge in [0.1, 0.15) is 11.3 Å². The predicted molar refractivity (Wildman–Crippen MR) is 75.1 cm³/mol. The minimum absolute atomic E-state index is 0.00440. The Morgan fingerprint density at radius 1 is 1.38 bits per heavy atom. The topological polar surface area (TPSA) is 131 Å². The maximum Gasteiger partial charge on any atom is 0.339 e. The Kier molecular flexibility index (Phi) is 5.53. The summed E-state index contributed by atoms with van der Waals surface area (Å²) in [6.07, 6.45) is -1.05. The molecular weight excluding hydrogens is 278 g/mol. The lowest BCUT2D eigenvalue weighted by molar-refractivity contribution is -0.126. The van der Waals surface area contributed by atoms with Gasteiger partial charge in [0.2, 0.25) is 0 Å². The normalized spacial score (nSPS) is 11.3. The predicted octanol–water partition coefficient (Wildman–Crippen LogP) is 0.580. The molecule has 114 valence electrons. The van der Waals surface area contributed by atoms with Crippen LogP contribution in [0.2, 0.25) is 0 Å². The number of imide groups is 1.